The van der Waals surface area contributed by atoms with E-state index in [0.29, 0.717) is 0 Å². The molecule has 0 fully saturated rings. The molecule has 0 saturated carbocycles. The number of ether oxygens (including phenoxy) is 1. The van der Waals surface area contributed by atoms with Crippen molar-refractivity contribution in [2.45, 2.75) is 12.8 Å². The number of hydrogen-bond donors (Lipinski definition) is 0. The Labute approximate surface area is 89.3 Å². The summed E-state index contributed by atoms with van der Waals surface area (Å²) in [5, 5.41) is 17.2. The summed E-state index contributed by atoms with van der Waals surface area (Å²) < 4.78 is 40.4. The van der Waals surface area contributed by atoms with Crippen LogP contribution in [0.15, 0.2) is 18.2 Å². The molecule has 16 heavy (non-hydrogen) atoms. The summed E-state index contributed by atoms with van der Waals surface area (Å²) in [5.41, 5.74) is 0.0174. The molecule has 1 atom stereocenters. The van der Waals surface area contributed by atoms with E-state index in [1.807, 2.05) is 0 Å². The molecule has 0 aromatic heterocycles. The van der Waals surface area contributed by atoms with Gasteiger partial charge in [-0.3, -0.25) is 0 Å². The van der Waals surface area contributed by atoms with Gasteiger partial charge in [0.15, 0.2) is 0 Å². The molecule has 0 radical (unpaired) electrons. The number of rotatable bonds is 3. The summed E-state index contributed by atoms with van der Waals surface area (Å²) >= 11 is 0. The van der Waals surface area contributed by atoms with Gasteiger partial charge in [0.1, 0.15) is 17.9 Å². The maximum absolute atomic E-state index is 12.5. The van der Waals surface area contributed by atoms with E-state index in [9.17, 15) is 13.2 Å². The van der Waals surface area contributed by atoms with Crippen molar-refractivity contribution in [1.29, 1.82) is 10.5 Å². The van der Waals surface area contributed by atoms with Gasteiger partial charge in [-0.15, -0.1) is 0 Å². The van der Waals surface area contributed by atoms with Gasteiger partial charge in [0.2, 0.25) is 0 Å². The number of benzene rings is 1. The topological polar surface area (TPSA) is 56.8 Å². The third-order valence-corrected chi connectivity index (χ3v) is 1.68. The average molecular weight is 226 g/mol. The molecule has 0 spiro atoms. The number of alkyl halides is 3. The second-order valence-electron chi connectivity index (χ2n) is 2.73. The number of nitriles is 2. The molecule has 1 unspecified atom stereocenters. The summed E-state index contributed by atoms with van der Waals surface area (Å²) in [5.74, 6) is -0.219. The Morgan fingerprint density at radius 1 is 1.06 bits per heavy atom. The van der Waals surface area contributed by atoms with Crippen LogP contribution < -0.4 is 4.74 Å². The van der Waals surface area contributed by atoms with Gasteiger partial charge in [-0.2, -0.15) is 14.9 Å². The molecule has 1 aromatic rings. The minimum absolute atomic E-state index is 0.0542. The van der Waals surface area contributed by atoms with E-state index in [-0.39, 0.29) is 16.9 Å². The molecular weight excluding hydrogens is 221 g/mol. The van der Waals surface area contributed by atoms with Crippen molar-refractivity contribution in [2.24, 2.45) is 0 Å². The van der Waals surface area contributed by atoms with E-state index in [1.165, 1.54) is 6.07 Å². The van der Waals surface area contributed by atoms with Crippen LogP contribution >= 0.6 is 0 Å². The van der Waals surface area contributed by atoms with E-state index >= 15 is 0 Å². The van der Waals surface area contributed by atoms with Crippen molar-refractivity contribution in [3.63, 3.8) is 0 Å². The monoisotopic (exact) mass is 226 g/mol. The first-order valence-electron chi connectivity index (χ1n) is 4.11. The predicted molar refractivity (Wildman–Crippen MR) is 47.4 cm³/mol. The molecule has 1 rings (SSSR count). The lowest BCUT2D eigenvalue weighted by Gasteiger charge is -2.10. The zero-order valence-electron chi connectivity index (χ0n) is 7.82. The third-order valence-electron chi connectivity index (χ3n) is 1.68. The first-order chi connectivity index (χ1) is 7.58. The zero-order chi connectivity index (χ0) is 12.1. The van der Waals surface area contributed by atoms with E-state index < -0.39 is 12.8 Å². The summed E-state index contributed by atoms with van der Waals surface area (Å²) in [4.78, 5) is 0. The first kappa shape index (κ1) is 11.9. The Hall–Kier alpha value is -2.21. The minimum Gasteiger partial charge on any atom is -0.454 e. The highest BCUT2D eigenvalue weighted by Gasteiger charge is 2.21. The van der Waals surface area contributed by atoms with Gasteiger partial charge in [-0.1, -0.05) is 0 Å². The summed E-state index contributed by atoms with van der Waals surface area (Å²) in [7, 11) is 0. The van der Waals surface area contributed by atoms with Crippen LogP contribution in [-0.2, 0) is 0 Å². The van der Waals surface area contributed by atoms with E-state index in [2.05, 4.69) is 4.74 Å². The molecule has 1 aromatic carbocycles. The lowest BCUT2D eigenvalue weighted by molar-refractivity contribution is -0.0669. The van der Waals surface area contributed by atoms with Crippen LogP contribution in [0, 0.1) is 22.7 Å². The number of hydrogen-bond acceptors (Lipinski definition) is 3. The van der Waals surface area contributed by atoms with Gasteiger partial charge in [-0.05, 0) is 18.2 Å². The largest absolute Gasteiger partial charge is 0.454 e. The first-order valence-corrected chi connectivity index (χ1v) is 4.11. The van der Waals surface area contributed by atoms with Gasteiger partial charge in [0.25, 0.3) is 6.36 Å². The third kappa shape index (κ3) is 2.64. The zero-order valence-corrected chi connectivity index (χ0v) is 7.82. The van der Waals surface area contributed by atoms with E-state index in [1.54, 1.807) is 12.1 Å². The summed E-state index contributed by atoms with van der Waals surface area (Å²) in [6.45, 7) is 0. The summed E-state index contributed by atoms with van der Waals surface area (Å²) in [6, 6.07) is 6.79. The highest BCUT2D eigenvalue weighted by molar-refractivity contribution is 5.49. The van der Waals surface area contributed by atoms with Crippen LogP contribution in [0.1, 0.15) is 11.1 Å². The molecule has 82 valence electrons. The van der Waals surface area contributed by atoms with Gasteiger partial charge in [0.05, 0.1) is 11.1 Å². The smallest absolute Gasteiger partial charge is 0.304 e. The number of nitrogens with zero attached hydrogens (tertiary/aromatic N) is 2. The number of halogens is 3. The Kier molecular flexibility index (Phi) is 3.73. The minimum atomic E-state index is -3.26. The second kappa shape index (κ2) is 5.04. The SMILES string of the molecule is N#Cc1ccc(OC(F)C(F)F)cc1C#N. The van der Waals surface area contributed by atoms with Crippen LogP contribution in [0.3, 0.4) is 0 Å². The second-order valence-corrected chi connectivity index (χ2v) is 2.73. The molecule has 0 aliphatic rings. The van der Waals surface area contributed by atoms with Gasteiger partial charge in [0, 0.05) is 0 Å². The van der Waals surface area contributed by atoms with Crippen LogP contribution in [0.5, 0.6) is 5.75 Å². The molecule has 0 N–H and O–H groups in total. The molecule has 6 heteroatoms. The van der Waals surface area contributed by atoms with E-state index in [0.717, 1.165) is 12.1 Å². The maximum Gasteiger partial charge on any atom is 0.304 e. The normalized spacial score (nSPS) is 11.6. The Bertz CT molecular complexity index is 462. The molecular formula is C10H5F3N2O. The van der Waals surface area contributed by atoms with Crippen LogP contribution in [-0.4, -0.2) is 12.8 Å². The Balaban J connectivity index is 2.94. The van der Waals surface area contributed by atoms with Crippen LogP contribution in [0.25, 0.3) is 0 Å². The lowest BCUT2D eigenvalue weighted by atomic mass is 10.1. The van der Waals surface area contributed by atoms with Crippen molar-refractivity contribution in [3.8, 4) is 17.9 Å². The molecule has 0 bridgehead atoms. The van der Waals surface area contributed by atoms with Gasteiger partial charge in [-0.25, -0.2) is 8.78 Å². The fourth-order valence-corrected chi connectivity index (χ4v) is 0.968. The molecule has 0 aliphatic carbocycles. The van der Waals surface area contributed by atoms with E-state index in [4.69, 9.17) is 10.5 Å². The van der Waals surface area contributed by atoms with Crippen molar-refractivity contribution >= 4 is 0 Å². The molecule has 0 amide bonds. The predicted octanol–water partition coefficient (Wildman–Crippen LogP) is 2.37. The molecule has 0 aliphatic heterocycles. The van der Waals surface area contributed by atoms with Crippen molar-refractivity contribution in [2.75, 3.05) is 0 Å². The standard InChI is InChI=1S/C10H5F3N2O/c11-9(12)10(13)16-8-2-1-6(4-14)7(3-8)5-15/h1-3,9-10H. The van der Waals surface area contributed by atoms with Crippen molar-refractivity contribution in [1.82, 2.24) is 0 Å². The van der Waals surface area contributed by atoms with Crippen LogP contribution in [0.2, 0.25) is 0 Å². The van der Waals surface area contributed by atoms with Crippen LogP contribution in [0.4, 0.5) is 13.2 Å². The quantitative estimate of drug-likeness (QED) is 0.794. The summed E-state index contributed by atoms with van der Waals surface area (Å²) in [6.07, 6.45) is -6.01. The van der Waals surface area contributed by atoms with Gasteiger partial charge < -0.3 is 4.74 Å². The maximum atomic E-state index is 12.5. The fourth-order valence-electron chi connectivity index (χ4n) is 0.968. The highest BCUT2D eigenvalue weighted by Crippen LogP contribution is 2.20. The van der Waals surface area contributed by atoms with Crippen molar-refractivity contribution < 1.29 is 17.9 Å². The Morgan fingerprint density at radius 3 is 2.19 bits per heavy atom. The molecule has 0 saturated heterocycles. The molecule has 3 nitrogen and oxygen atoms in total. The highest BCUT2D eigenvalue weighted by atomic mass is 19.3. The average Bonchev–Trinajstić information content (AvgIpc) is 2.28. The van der Waals surface area contributed by atoms with Crippen molar-refractivity contribution in [3.05, 3.63) is 29.3 Å². The lowest BCUT2D eigenvalue weighted by Crippen LogP contribution is -2.19. The van der Waals surface area contributed by atoms with Gasteiger partial charge >= 0.3 is 6.43 Å². The fraction of sp³-hybridized carbons (Fsp3) is 0.200. The molecule has 0 heterocycles. The Morgan fingerprint density at radius 2 is 1.69 bits per heavy atom.